The number of pyridine rings is 1. The molecular formula is C25H24N4O5S. The van der Waals surface area contributed by atoms with Gasteiger partial charge in [-0.3, -0.25) is 14.7 Å². The van der Waals surface area contributed by atoms with E-state index in [2.05, 4.69) is 15.3 Å². The van der Waals surface area contributed by atoms with Crippen LogP contribution < -0.4 is 10.9 Å². The van der Waals surface area contributed by atoms with E-state index in [1.54, 1.807) is 63.2 Å². The fraction of sp³-hybridized carbons (Fsp3) is 0.200. The van der Waals surface area contributed by atoms with Crippen LogP contribution in [0.5, 0.6) is 0 Å². The second kappa shape index (κ2) is 8.95. The highest BCUT2D eigenvalue weighted by Crippen LogP contribution is 2.24. The van der Waals surface area contributed by atoms with Crippen LogP contribution in [-0.4, -0.2) is 40.9 Å². The normalized spacial score (nSPS) is 11.9. The molecule has 0 saturated carbocycles. The quantitative estimate of drug-likeness (QED) is 0.424. The van der Waals surface area contributed by atoms with Crippen LogP contribution in [0.15, 0.2) is 76.8 Å². The van der Waals surface area contributed by atoms with Crippen molar-refractivity contribution < 1.29 is 17.9 Å². The maximum atomic E-state index is 13.7. The SMILES string of the molecule is CC(C)(C)OC(=O)Nc1cccc(-n2c(=O)c(-c3ccccc3)cc3cnc(S(C)(=O)=O)nc32)c1. The van der Waals surface area contributed by atoms with Crippen molar-refractivity contribution in [3.63, 3.8) is 0 Å². The number of anilines is 1. The monoisotopic (exact) mass is 492 g/mol. The van der Waals surface area contributed by atoms with Crippen LogP contribution in [0.4, 0.5) is 10.5 Å². The summed E-state index contributed by atoms with van der Waals surface area (Å²) in [4.78, 5) is 34.2. The van der Waals surface area contributed by atoms with Gasteiger partial charge in [0.25, 0.3) is 5.56 Å². The van der Waals surface area contributed by atoms with Gasteiger partial charge < -0.3 is 4.74 Å². The summed E-state index contributed by atoms with van der Waals surface area (Å²) in [5.74, 6) is 0. The van der Waals surface area contributed by atoms with Crippen molar-refractivity contribution in [1.82, 2.24) is 14.5 Å². The molecule has 0 spiro atoms. The predicted molar refractivity (Wildman–Crippen MR) is 134 cm³/mol. The zero-order valence-electron chi connectivity index (χ0n) is 19.6. The molecular weight excluding hydrogens is 468 g/mol. The lowest BCUT2D eigenvalue weighted by Gasteiger charge is -2.20. The Morgan fingerprint density at radius 1 is 1.03 bits per heavy atom. The van der Waals surface area contributed by atoms with Crippen LogP contribution in [0.2, 0.25) is 0 Å². The van der Waals surface area contributed by atoms with Crippen LogP contribution in [0.25, 0.3) is 27.8 Å². The summed E-state index contributed by atoms with van der Waals surface area (Å²) < 4.78 is 30.8. The minimum atomic E-state index is -3.72. The Kier molecular flexibility index (Phi) is 6.16. The van der Waals surface area contributed by atoms with Gasteiger partial charge in [-0.2, -0.15) is 4.98 Å². The summed E-state index contributed by atoms with van der Waals surface area (Å²) in [6, 6.07) is 17.3. The van der Waals surface area contributed by atoms with Gasteiger partial charge in [-0.1, -0.05) is 36.4 Å². The summed E-state index contributed by atoms with van der Waals surface area (Å²) in [6.07, 6.45) is 1.73. The largest absolute Gasteiger partial charge is 0.444 e. The number of aromatic nitrogens is 3. The lowest BCUT2D eigenvalue weighted by Crippen LogP contribution is -2.27. The number of carbonyl (C=O) groups excluding carboxylic acids is 1. The number of nitrogens with zero attached hydrogens (tertiary/aromatic N) is 3. The molecule has 4 rings (SSSR count). The van der Waals surface area contributed by atoms with Gasteiger partial charge in [-0.25, -0.2) is 18.2 Å². The van der Waals surface area contributed by atoms with Crippen molar-refractivity contribution >= 4 is 32.7 Å². The molecule has 0 atom stereocenters. The number of carbonyl (C=O) groups is 1. The Bertz CT molecular complexity index is 1590. The van der Waals surface area contributed by atoms with Crippen molar-refractivity contribution in [1.29, 1.82) is 0 Å². The molecule has 1 N–H and O–H groups in total. The Morgan fingerprint density at radius 3 is 2.40 bits per heavy atom. The van der Waals surface area contributed by atoms with E-state index in [0.29, 0.717) is 27.9 Å². The number of amides is 1. The van der Waals surface area contributed by atoms with Gasteiger partial charge in [-0.15, -0.1) is 0 Å². The van der Waals surface area contributed by atoms with E-state index in [-0.39, 0.29) is 5.65 Å². The van der Waals surface area contributed by atoms with Crippen molar-refractivity contribution in [2.75, 3.05) is 11.6 Å². The molecule has 1 amide bonds. The fourth-order valence-electron chi connectivity index (χ4n) is 3.47. The molecule has 0 fully saturated rings. The molecule has 0 bridgehead atoms. The molecule has 180 valence electrons. The first-order valence-electron chi connectivity index (χ1n) is 10.7. The molecule has 10 heteroatoms. The highest BCUT2D eigenvalue weighted by Gasteiger charge is 2.19. The molecule has 2 aromatic heterocycles. The van der Waals surface area contributed by atoms with Crippen LogP contribution in [0, 0.1) is 0 Å². The Balaban J connectivity index is 1.94. The maximum absolute atomic E-state index is 13.7. The molecule has 0 radical (unpaired) electrons. The number of fused-ring (bicyclic) bond motifs is 1. The van der Waals surface area contributed by atoms with Crippen molar-refractivity contribution in [2.24, 2.45) is 0 Å². The number of hydrogen-bond acceptors (Lipinski definition) is 7. The molecule has 0 unspecified atom stereocenters. The summed E-state index contributed by atoms with van der Waals surface area (Å²) in [6.45, 7) is 5.26. The first-order chi connectivity index (χ1) is 16.4. The minimum absolute atomic E-state index is 0.125. The summed E-state index contributed by atoms with van der Waals surface area (Å²) in [5, 5.41) is 2.73. The van der Waals surface area contributed by atoms with Crippen LogP contribution in [0.3, 0.4) is 0 Å². The first kappa shape index (κ1) is 24.1. The van der Waals surface area contributed by atoms with Gasteiger partial charge >= 0.3 is 6.09 Å². The van der Waals surface area contributed by atoms with E-state index in [1.165, 1.54) is 10.8 Å². The molecule has 2 heterocycles. The Morgan fingerprint density at radius 2 is 1.74 bits per heavy atom. The standard InChI is InChI=1S/C25H24N4O5S/c1-25(2,3)34-24(31)27-18-11-8-12-19(14-18)29-21-17(15-26-23(28-21)35(4,32)33)13-20(22(29)30)16-9-6-5-7-10-16/h5-15H,1-4H3,(H,27,31). The summed E-state index contributed by atoms with van der Waals surface area (Å²) in [5.41, 5.74) is 0.875. The van der Waals surface area contributed by atoms with Crippen molar-refractivity contribution in [2.45, 2.75) is 31.5 Å². The topological polar surface area (TPSA) is 120 Å². The smallest absolute Gasteiger partial charge is 0.412 e. The molecule has 9 nitrogen and oxygen atoms in total. The number of sulfone groups is 1. The lowest BCUT2D eigenvalue weighted by molar-refractivity contribution is 0.0636. The highest BCUT2D eigenvalue weighted by molar-refractivity contribution is 7.90. The minimum Gasteiger partial charge on any atom is -0.444 e. The Labute approximate surface area is 202 Å². The van der Waals surface area contributed by atoms with E-state index in [9.17, 15) is 18.0 Å². The van der Waals surface area contributed by atoms with E-state index in [0.717, 1.165) is 6.26 Å². The van der Waals surface area contributed by atoms with Gasteiger partial charge in [0.05, 0.1) is 5.69 Å². The third-order valence-corrected chi connectivity index (χ3v) is 5.75. The molecule has 0 aliphatic rings. The molecule has 35 heavy (non-hydrogen) atoms. The number of nitrogens with one attached hydrogen (secondary N) is 1. The molecule has 0 saturated heterocycles. The second-order valence-corrected chi connectivity index (χ2v) is 10.9. The zero-order valence-corrected chi connectivity index (χ0v) is 20.5. The summed E-state index contributed by atoms with van der Waals surface area (Å²) in [7, 11) is -3.72. The van der Waals surface area contributed by atoms with E-state index in [1.807, 2.05) is 18.2 Å². The first-order valence-corrected chi connectivity index (χ1v) is 12.6. The Hall–Kier alpha value is -4.05. The van der Waals surface area contributed by atoms with Crippen molar-refractivity contribution in [3.8, 4) is 16.8 Å². The van der Waals surface area contributed by atoms with Crippen molar-refractivity contribution in [3.05, 3.63) is 77.2 Å². The molecule has 0 aliphatic carbocycles. The average Bonchev–Trinajstić information content (AvgIpc) is 2.77. The second-order valence-electron chi connectivity index (χ2n) is 8.95. The molecule has 2 aromatic carbocycles. The van der Waals surface area contributed by atoms with Crippen LogP contribution >= 0.6 is 0 Å². The van der Waals surface area contributed by atoms with Gasteiger partial charge in [-0.05, 0) is 50.6 Å². The maximum Gasteiger partial charge on any atom is 0.412 e. The van der Waals surface area contributed by atoms with E-state index in [4.69, 9.17) is 4.74 Å². The molecule has 0 aliphatic heterocycles. The predicted octanol–water partition coefficient (Wildman–Crippen LogP) is 4.20. The average molecular weight is 493 g/mol. The highest BCUT2D eigenvalue weighted by atomic mass is 32.2. The van der Waals surface area contributed by atoms with E-state index < -0.39 is 32.2 Å². The van der Waals surface area contributed by atoms with E-state index >= 15 is 0 Å². The number of ether oxygens (including phenoxy) is 1. The number of hydrogen-bond donors (Lipinski definition) is 1. The number of benzene rings is 2. The van der Waals surface area contributed by atoms with Crippen LogP contribution in [0.1, 0.15) is 20.8 Å². The van der Waals surface area contributed by atoms with Crippen LogP contribution in [-0.2, 0) is 14.6 Å². The third-order valence-electron chi connectivity index (χ3n) is 4.89. The van der Waals surface area contributed by atoms with Gasteiger partial charge in [0.1, 0.15) is 5.60 Å². The van der Waals surface area contributed by atoms with Gasteiger partial charge in [0, 0.05) is 29.1 Å². The third kappa shape index (κ3) is 5.38. The summed E-state index contributed by atoms with van der Waals surface area (Å²) >= 11 is 0. The fourth-order valence-corrected chi connectivity index (χ4v) is 3.96. The van der Waals surface area contributed by atoms with Gasteiger partial charge in [0.2, 0.25) is 15.0 Å². The number of rotatable bonds is 4. The lowest BCUT2D eigenvalue weighted by atomic mass is 10.1. The zero-order chi connectivity index (χ0) is 25.4. The van der Waals surface area contributed by atoms with Gasteiger partial charge in [0.15, 0.2) is 5.65 Å². The molecule has 4 aromatic rings.